The molecule has 1 amide bonds. The number of carbonyl (C=O) groups is 1. The van der Waals surface area contributed by atoms with Crippen molar-refractivity contribution in [3.05, 3.63) is 46.1 Å². The van der Waals surface area contributed by atoms with E-state index in [0.29, 0.717) is 33.8 Å². The van der Waals surface area contributed by atoms with Gasteiger partial charge in [0.25, 0.3) is 0 Å². The summed E-state index contributed by atoms with van der Waals surface area (Å²) in [5.41, 5.74) is 2.13. The fourth-order valence-corrected chi connectivity index (χ4v) is 3.48. The molecule has 0 atom stereocenters. The fourth-order valence-electron chi connectivity index (χ4n) is 2.51. The molecular formula is C17H15ClN4OS. The molecule has 0 radical (unpaired) electrons. The van der Waals surface area contributed by atoms with E-state index in [-0.39, 0.29) is 12.3 Å². The van der Waals surface area contributed by atoms with Gasteiger partial charge in [0.1, 0.15) is 11.0 Å². The Labute approximate surface area is 149 Å². The van der Waals surface area contributed by atoms with Crippen LogP contribution in [-0.4, -0.2) is 21.6 Å². The van der Waals surface area contributed by atoms with Crippen LogP contribution in [0.25, 0.3) is 0 Å². The van der Waals surface area contributed by atoms with Crippen molar-refractivity contribution < 1.29 is 4.79 Å². The monoisotopic (exact) mass is 358 g/mol. The highest BCUT2D eigenvalue weighted by Gasteiger charge is 2.32. The van der Waals surface area contributed by atoms with E-state index in [0.717, 1.165) is 17.7 Å². The normalized spacial score (nSPS) is 13.0. The first-order valence-corrected chi connectivity index (χ1v) is 8.97. The molecule has 0 spiro atoms. The van der Waals surface area contributed by atoms with Gasteiger partial charge in [0.2, 0.25) is 5.91 Å². The molecule has 2 heterocycles. The van der Waals surface area contributed by atoms with Crippen molar-refractivity contribution in [3.63, 3.8) is 0 Å². The molecule has 0 aliphatic carbocycles. The first-order chi connectivity index (χ1) is 11.6. The summed E-state index contributed by atoms with van der Waals surface area (Å²) in [4.78, 5) is 22.8. The highest BCUT2D eigenvalue weighted by Crippen LogP contribution is 2.34. The number of hydrogen-bond acceptors (Lipinski definition) is 5. The van der Waals surface area contributed by atoms with E-state index in [1.54, 1.807) is 17.0 Å². The summed E-state index contributed by atoms with van der Waals surface area (Å²) >= 11 is 7.78. The zero-order valence-corrected chi connectivity index (χ0v) is 14.7. The lowest BCUT2D eigenvalue weighted by Gasteiger charge is -2.17. The van der Waals surface area contributed by atoms with E-state index < -0.39 is 0 Å². The fraction of sp³-hybridized carbons (Fsp3) is 0.294. The molecule has 0 saturated heterocycles. The molecule has 1 aliphatic rings. The average molecular weight is 359 g/mol. The number of anilines is 1. The van der Waals surface area contributed by atoms with Gasteiger partial charge in [-0.05, 0) is 24.1 Å². The first kappa shape index (κ1) is 16.7. The Balaban J connectivity index is 1.92. The maximum Gasteiger partial charge on any atom is 0.233 e. The Bertz CT molecular complexity index is 834. The summed E-state index contributed by atoms with van der Waals surface area (Å²) in [6.07, 6.45) is 1.22. The molecule has 7 heteroatoms. The largest absolute Gasteiger partial charge is 0.292 e. The van der Waals surface area contributed by atoms with Crippen LogP contribution in [0.4, 0.5) is 5.82 Å². The maximum absolute atomic E-state index is 12.4. The quantitative estimate of drug-likeness (QED) is 0.464. The Hall–Kier alpha value is -2.10. The summed E-state index contributed by atoms with van der Waals surface area (Å²) in [5.74, 6) is 1.43. The SMILES string of the molecule is CCCSc1nc(Cl)c2c(n1)N(Cc1cccc(C#N)c1)C(=O)C2. The van der Waals surface area contributed by atoms with Crippen molar-refractivity contribution in [2.75, 3.05) is 10.7 Å². The number of nitrogens with zero attached hydrogens (tertiary/aromatic N) is 4. The summed E-state index contributed by atoms with van der Waals surface area (Å²) < 4.78 is 0. The third-order valence-electron chi connectivity index (χ3n) is 3.63. The van der Waals surface area contributed by atoms with Gasteiger partial charge in [0.05, 0.1) is 24.6 Å². The molecule has 122 valence electrons. The molecule has 5 nitrogen and oxygen atoms in total. The smallest absolute Gasteiger partial charge is 0.233 e. The Kier molecular flexibility index (Phi) is 5.03. The van der Waals surface area contributed by atoms with Gasteiger partial charge in [-0.1, -0.05) is 42.4 Å². The highest BCUT2D eigenvalue weighted by atomic mass is 35.5. The average Bonchev–Trinajstić information content (AvgIpc) is 2.90. The molecule has 3 rings (SSSR count). The molecule has 1 aromatic heterocycles. The summed E-state index contributed by atoms with van der Waals surface area (Å²) in [6.45, 7) is 2.45. The summed E-state index contributed by atoms with van der Waals surface area (Å²) in [6, 6.07) is 9.33. The Morgan fingerprint density at radius 2 is 2.25 bits per heavy atom. The van der Waals surface area contributed by atoms with Gasteiger partial charge in [0, 0.05) is 11.3 Å². The van der Waals surface area contributed by atoms with Crippen LogP contribution >= 0.6 is 23.4 Å². The van der Waals surface area contributed by atoms with Gasteiger partial charge in [-0.2, -0.15) is 5.26 Å². The second kappa shape index (κ2) is 7.20. The number of carbonyl (C=O) groups excluding carboxylic acids is 1. The molecule has 0 unspecified atom stereocenters. The van der Waals surface area contributed by atoms with Gasteiger partial charge in [0.15, 0.2) is 5.16 Å². The van der Waals surface area contributed by atoms with Crippen LogP contribution in [0.5, 0.6) is 0 Å². The van der Waals surface area contributed by atoms with Crippen molar-refractivity contribution in [1.82, 2.24) is 9.97 Å². The molecule has 0 bridgehead atoms. The number of hydrogen-bond donors (Lipinski definition) is 0. The lowest BCUT2D eigenvalue weighted by atomic mass is 10.1. The van der Waals surface area contributed by atoms with Crippen LogP contribution in [-0.2, 0) is 17.8 Å². The number of rotatable bonds is 5. The van der Waals surface area contributed by atoms with Crippen molar-refractivity contribution in [2.45, 2.75) is 31.5 Å². The van der Waals surface area contributed by atoms with Crippen LogP contribution < -0.4 is 4.90 Å². The lowest BCUT2D eigenvalue weighted by molar-refractivity contribution is -0.117. The van der Waals surface area contributed by atoms with E-state index in [1.165, 1.54) is 11.8 Å². The van der Waals surface area contributed by atoms with Crippen molar-refractivity contribution in [3.8, 4) is 6.07 Å². The van der Waals surface area contributed by atoms with Gasteiger partial charge < -0.3 is 0 Å². The minimum absolute atomic E-state index is 0.0544. The topological polar surface area (TPSA) is 69.9 Å². The Morgan fingerprint density at radius 3 is 3.00 bits per heavy atom. The van der Waals surface area contributed by atoms with E-state index in [2.05, 4.69) is 23.0 Å². The van der Waals surface area contributed by atoms with Crippen molar-refractivity contribution >= 4 is 35.1 Å². The van der Waals surface area contributed by atoms with Crippen molar-refractivity contribution in [1.29, 1.82) is 5.26 Å². The zero-order valence-electron chi connectivity index (χ0n) is 13.1. The molecule has 0 N–H and O–H groups in total. The number of aromatic nitrogens is 2. The maximum atomic E-state index is 12.4. The first-order valence-electron chi connectivity index (χ1n) is 7.61. The lowest BCUT2D eigenvalue weighted by Crippen LogP contribution is -2.26. The van der Waals surface area contributed by atoms with Crippen LogP contribution in [0, 0.1) is 11.3 Å². The minimum atomic E-state index is -0.0544. The number of halogens is 1. The number of benzene rings is 1. The molecule has 2 aromatic rings. The molecular weight excluding hydrogens is 344 g/mol. The molecule has 24 heavy (non-hydrogen) atoms. The van der Waals surface area contributed by atoms with Gasteiger partial charge in [-0.15, -0.1) is 0 Å². The number of nitriles is 1. The second-order valence-electron chi connectivity index (χ2n) is 5.42. The molecule has 1 aliphatic heterocycles. The second-order valence-corrected chi connectivity index (χ2v) is 6.84. The molecule has 0 fully saturated rings. The van der Waals surface area contributed by atoms with E-state index in [1.807, 2.05) is 12.1 Å². The standard InChI is InChI=1S/C17H15ClN4OS/c1-2-6-24-17-20-15(18)13-8-14(23)22(16(13)21-17)10-12-5-3-4-11(7-12)9-19/h3-5,7H,2,6,8,10H2,1H3. The van der Waals surface area contributed by atoms with Crippen LogP contribution in [0.3, 0.4) is 0 Å². The van der Waals surface area contributed by atoms with Crippen LogP contribution in [0.1, 0.15) is 30.0 Å². The third kappa shape index (κ3) is 3.37. The van der Waals surface area contributed by atoms with E-state index >= 15 is 0 Å². The Morgan fingerprint density at radius 1 is 1.42 bits per heavy atom. The van der Waals surface area contributed by atoms with Gasteiger partial charge in [-0.3, -0.25) is 9.69 Å². The highest BCUT2D eigenvalue weighted by molar-refractivity contribution is 7.99. The number of amides is 1. The van der Waals surface area contributed by atoms with Gasteiger partial charge in [-0.25, -0.2) is 9.97 Å². The zero-order chi connectivity index (χ0) is 17.1. The minimum Gasteiger partial charge on any atom is -0.292 e. The number of fused-ring (bicyclic) bond motifs is 1. The predicted molar refractivity (Wildman–Crippen MR) is 94.1 cm³/mol. The number of thioether (sulfide) groups is 1. The van der Waals surface area contributed by atoms with E-state index in [4.69, 9.17) is 16.9 Å². The molecule has 0 saturated carbocycles. The third-order valence-corrected chi connectivity index (χ3v) is 5.00. The van der Waals surface area contributed by atoms with Crippen LogP contribution in [0.2, 0.25) is 5.15 Å². The predicted octanol–water partition coefficient (Wildman–Crippen LogP) is 3.59. The van der Waals surface area contributed by atoms with E-state index in [9.17, 15) is 4.79 Å². The summed E-state index contributed by atoms with van der Waals surface area (Å²) in [7, 11) is 0. The molecule has 1 aromatic carbocycles. The summed E-state index contributed by atoms with van der Waals surface area (Å²) in [5, 5.41) is 9.95. The van der Waals surface area contributed by atoms with Crippen LogP contribution in [0.15, 0.2) is 29.4 Å². The van der Waals surface area contributed by atoms with Gasteiger partial charge >= 0.3 is 0 Å². The van der Waals surface area contributed by atoms with Crippen molar-refractivity contribution in [2.24, 2.45) is 0 Å².